The summed E-state index contributed by atoms with van der Waals surface area (Å²) in [5.74, 6) is 1.17. The third-order valence-corrected chi connectivity index (χ3v) is 5.38. The lowest BCUT2D eigenvalue weighted by Gasteiger charge is -2.26. The Kier molecular flexibility index (Phi) is 4.27. The summed E-state index contributed by atoms with van der Waals surface area (Å²) in [7, 11) is 0.0896. The molecule has 0 saturated carbocycles. The minimum absolute atomic E-state index is 0.214. The fraction of sp³-hybridized carbons (Fsp3) is 0.750. The molecule has 2 heterocycles. The molecule has 1 N–H and O–H groups in total. The van der Waals surface area contributed by atoms with Gasteiger partial charge in [-0.05, 0) is 19.9 Å². The summed E-state index contributed by atoms with van der Waals surface area (Å²) in [5.41, 5.74) is 2.34. The Bertz CT molecular complexity index is 536. The summed E-state index contributed by atoms with van der Waals surface area (Å²) in [6.45, 7) is 4.58. The SMILES string of the molecule is Cc1nc2c([nH]1)CN(CCCS(=O)(=O)N(C)C)CC2. The van der Waals surface area contributed by atoms with Crippen LogP contribution in [0, 0.1) is 6.92 Å². The van der Waals surface area contributed by atoms with Crippen molar-refractivity contribution in [2.45, 2.75) is 26.3 Å². The number of aromatic amines is 1. The first-order chi connectivity index (χ1) is 8.88. The van der Waals surface area contributed by atoms with Crippen molar-refractivity contribution in [2.24, 2.45) is 0 Å². The second kappa shape index (κ2) is 5.60. The number of rotatable bonds is 5. The van der Waals surface area contributed by atoms with Crippen molar-refractivity contribution in [3.8, 4) is 0 Å². The van der Waals surface area contributed by atoms with Gasteiger partial charge in [-0.25, -0.2) is 17.7 Å². The molecule has 0 aromatic carbocycles. The van der Waals surface area contributed by atoms with Crippen LogP contribution >= 0.6 is 0 Å². The predicted molar refractivity (Wildman–Crippen MR) is 74.4 cm³/mol. The van der Waals surface area contributed by atoms with Crippen LogP contribution in [0.4, 0.5) is 0 Å². The zero-order chi connectivity index (χ0) is 14.0. The monoisotopic (exact) mass is 286 g/mol. The highest BCUT2D eigenvalue weighted by Gasteiger charge is 2.20. The Hall–Kier alpha value is -0.920. The molecule has 0 bridgehead atoms. The van der Waals surface area contributed by atoms with E-state index in [0.717, 1.165) is 37.6 Å². The second-order valence-corrected chi connectivity index (χ2v) is 7.53. The molecule has 0 radical (unpaired) electrons. The normalized spacial score (nSPS) is 16.8. The molecular formula is C12H22N4O2S. The van der Waals surface area contributed by atoms with E-state index >= 15 is 0 Å². The molecular weight excluding hydrogens is 264 g/mol. The number of hydrogen-bond acceptors (Lipinski definition) is 4. The van der Waals surface area contributed by atoms with E-state index in [2.05, 4.69) is 14.9 Å². The van der Waals surface area contributed by atoms with Gasteiger partial charge in [-0.1, -0.05) is 0 Å². The number of nitrogens with one attached hydrogen (secondary N) is 1. The molecule has 0 atom stereocenters. The van der Waals surface area contributed by atoms with Crippen molar-refractivity contribution in [1.82, 2.24) is 19.2 Å². The molecule has 2 rings (SSSR count). The molecule has 108 valence electrons. The summed E-state index contributed by atoms with van der Waals surface area (Å²) in [5, 5.41) is 0. The summed E-state index contributed by atoms with van der Waals surface area (Å²) < 4.78 is 24.6. The van der Waals surface area contributed by atoms with Gasteiger partial charge in [0.1, 0.15) is 5.82 Å². The van der Waals surface area contributed by atoms with Crippen molar-refractivity contribution in [3.63, 3.8) is 0 Å². The highest BCUT2D eigenvalue weighted by Crippen LogP contribution is 2.16. The van der Waals surface area contributed by atoms with E-state index < -0.39 is 10.0 Å². The standard InChI is InChI=1S/C12H22N4O2S/c1-10-13-11-5-7-16(9-12(11)14-10)6-4-8-19(17,18)15(2)3/h4-9H2,1-3H3,(H,13,14). The fourth-order valence-corrected chi connectivity index (χ4v) is 3.20. The molecule has 0 aliphatic carbocycles. The fourth-order valence-electron chi connectivity index (χ4n) is 2.34. The van der Waals surface area contributed by atoms with E-state index in [9.17, 15) is 8.42 Å². The van der Waals surface area contributed by atoms with Gasteiger partial charge in [0.25, 0.3) is 0 Å². The van der Waals surface area contributed by atoms with Crippen LogP contribution in [-0.2, 0) is 23.0 Å². The lowest BCUT2D eigenvalue weighted by atomic mass is 10.1. The van der Waals surface area contributed by atoms with Gasteiger partial charge in [0.2, 0.25) is 10.0 Å². The first-order valence-electron chi connectivity index (χ1n) is 6.55. The summed E-state index contributed by atoms with van der Waals surface area (Å²) in [6.07, 6.45) is 1.61. The van der Waals surface area contributed by atoms with Crippen LogP contribution in [0.3, 0.4) is 0 Å². The zero-order valence-corrected chi connectivity index (χ0v) is 12.6. The van der Waals surface area contributed by atoms with Crippen molar-refractivity contribution < 1.29 is 8.42 Å². The Labute approximate surface area is 114 Å². The highest BCUT2D eigenvalue weighted by atomic mass is 32.2. The van der Waals surface area contributed by atoms with Gasteiger partial charge in [-0.2, -0.15) is 0 Å². The number of H-pyrrole nitrogens is 1. The molecule has 0 amide bonds. The maximum Gasteiger partial charge on any atom is 0.213 e. The van der Waals surface area contributed by atoms with Gasteiger partial charge in [0.15, 0.2) is 0 Å². The van der Waals surface area contributed by atoms with Crippen LogP contribution < -0.4 is 0 Å². The van der Waals surface area contributed by atoms with Crippen LogP contribution in [-0.4, -0.2) is 60.5 Å². The number of aromatic nitrogens is 2. The van der Waals surface area contributed by atoms with Crippen LogP contribution in [0.1, 0.15) is 23.6 Å². The molecule has 1 aromatic rings. The lowest BCUT2D eigenvalue weighted by molar-refractivity contribution is 0.250. The van der Waals surface area contributed by atoms with E-state index in [1.54, 1.807) is 14.1 Å². The minimum Gasteiger partial charge on any atom is -0.345 e. The molecule has 0 unspecified atom stereocenters. The Morgan fingerprint density at radius 1 is 1.42 bits per heavy atom. The van der Waals surface area contributed by atoms with Crippen LogP contribution in [0.5, 0.6) is 0 Å². The van der Waals surface area contributed by atoms with E-state index in [1.807, 2.05) is 6.92 Å². The van der Waals surface area contributed by atoms with Gasteiger partial charge < -0.3 is 4.98 Å². The molecule has 7 heteroatoms. The number of imidazole rings is 1. The van der Waals surface area contributed by atoms with E-state index in [4.69, 9.17) is 0 Å². The maximum atomic E-state index is 11.7. The topological polar surface area (TPSA) is 69.3 Å². The average Bonchev–Trinajstić information content (AvgIpc) is 2.68. The second-order valence-electron chi connectivity index (χ2n) is 5.23. The average molecular weight is 286 g/mol. The Balaban J connectivity index is 1.83. The molecule has 1 aromatic heterocycles. The van der Waals surface area contributed by atoms with Gasteiger partial charge in [0.05, 0.1) is 17.1 Å². The Morgan fingerprint density at radius 3 is 2.84 bits per heavy atom. The third-order valence-electron chi connectivity index (χ3n) is 3.46. The Morgan fingerprint density at radius 2 is 2.16 bits per heavy atom. The number of nitrogens with zero attached hydrogens (tertiary/aromatic N) is 3. The molecule has 6 nitrogen and oxygen atoms in total. The molecule has 1 aliphatic rings. The van der Waals surface area contributed by atoms with Crippen LogP contribution in [0.25, 0.3) is 0 Å². The van der Waals surface area contributed by atoms with E-state index in [1.165, 1.54) is 10.00 Å². The lowest BCUT2D eigenvalue weighted by Crippen LogP contribution is -2.33. The van der Waals surface area contributed by atoms with Crippen molar-refractivity contribution in [2.75, 3.05) is 32.9 Å². The molecule has 19 heavy (non-hydrogen) atoms. The van der Waals surface area contributed by atoms with Gasteiger partial charge in [0, 0.05) is 33.6 Å². The number of aryl methyl sites for hydroxylation is 1. The third kappa shape index (κ3) is 3.55. The molecule has 0 saturated heterocycles. The van der Waals surface area contributed by atoms with Gasteiger partial charge in [-0.3, -0.25) is 4.90 Å². The van der Waals surface area contributed by atoms with Crippen LogP contribution in [0.15, 0.2) is 0 Å². The highest BCUT2D eigenvalue weighted by molar-refractivity contribution is 7.89. The maximum absolute atomic E-state index is 11.7. The van der Waals surface area contributed by atoms with Gasteiger partial charge in [-0.15, -0.1) is 0 Å². The van der Waals surface area contributed by atoms with Crippen LogP contribution in [0.2, 0.25) is 0 Å². The number of hydrogen-bond donors (Lipinski definition) is 1. The molecule has 0 spiro atoms. The first-order valence-corrected chi connectivity index (χ1v) is 8.16. The number of fused-ring (bicyclic) bond motifs is 1. The smallest absolute Gasteiger partial charge is 0.213 e. The van der Waals surface area contributed by atoms with Crippen molar-refractivity contribution in [1.29, 1.82) is 0 Å². The van der Waals surface area contributed by atoms with E-state index in [-0.39, 0.29) is 5.75 Å². The minimum atomic E-state index is -3.07. The molecule has 0 fully saturated rings. The van der Waals surface area contributed by atoms with Crippen molar-refractivity contribution in [3.05, 3.63) is 17.2 Å². The quantitative estimate of drug-likeness (QED) is 0.848. The van der Waals surface area contributed by atoms with Crippen molar-refractivity contribution >= 4 is 10.0 Å². The molecule has 1 aliphatic heterocycles. The predicted octanol–water partition coefficient (Wildman–Crippen LogP) is 0.358. The first kappa shape index (κ1) is 14.5. The van der Waals surface area contributed by atoms with Gasteiger partial charge >= 0.3 is 0 Å². The number of sulfonamides is 1. The largest absolute Gasteiger partial charge is 0.345 e. The zero-order valence-electron chi connectivity index (χ0n) is 11.8. The summed E-state index contributed by atoms with van der Waals surface area (Å²) in [6, 6.07) is 0. The summed E-state index contributed by atoms with van der Waals surface area (Å²) >= 11 is 0. The van der Waals surface area contributed by atoms with E-state index in [0.29, 0.717) is 6.42 Å². The summed E-state index contributed by atoms with van der Waals surface area (Å²) in [4.78, 5) is 10.00.